The molecular weight excluding hydrogens is 356 g/mol. The summed E-state index contributed by atoms with van der Waals surface area (Å²) in [4.78, 5) is 27.1. The number of benzene rings is 1. The molecule has 4 rings (SSSR count). The van der Waals surface area contributed by atoms with Crippen molar-refractivity contribution in [3.63, 3.8) is 0 Å². The molecule has 0 radical (unpaired) electrons. The Hall–Kier alpha value is -2.60. The van der Waals surface area contributed by atoms with E-state index < -0.39 is 0 Å². The topological polar surface area (TPSA) is 71.8 Å². The fourth-order valence-corrected chi connectivity index (χ4v) is 3.94. The van der Waals surface area contributed by atoms with E-state index in [9.17, 15) is 9.59 Å². The highest BCUT2D eigenvalue weighted by atomic mass is 16.5. The third-order valence-corrected chi connectivity index (χ3v) is 5.57. The lowest BCUT2D eigenvalue weighted by molar-refractivity contribution is -0.148. The molecule has 6 heteroatoms. The van der Waals surface area contributed by atoms with E-state index in [1.807, 2.05) is 41.3 Å². The van der Waals surface area contributed by atoms with Gasteiger partial charge in [-0.2, -0.15) is 0 Å². The number of hydrogen-bond donors (Lipinski definition) is 1. The van der Waals surface area contributed by atoms with Crippen LogP contribution in [0.4, 0.5) is 5.69 Å². The van der Waals surface area contributed by atoms with E-state index >= 15 is 0 Å². The van der Waals surface area contributed by atoms with Crippen LogP contribution in [-0.2, 0) is 14.3 Å². The van der Waals surface area contributed by atoms with Gasteiger partial charge in [0.1, 0.15) is 11.9 Å². The van der Waals surface area contributed by atoms with E-state index in [0.717, 1.165) is 36.3 Å². The van der Waals surface area contributed by atoms with Gasteiger partial charge in [-0.25, -0.2) is 0 Å². The van der Waals surface area contributed by atoms with Crippen LogP contribution in [0.25, 0.3) is 11.3 Å². The molecule has 3 heterocycles. The monoisotopic (exact) mass is 382 g/mol. The van der Waals surface area contributed by atoms with Gasteiger partial charge >= 0.3 is 0 Å². The van der Waals surface area contributed by atoms with E-state index in [0.29, 0.717) is 32.5 Å². The van der Waals surface area contributed by atoms with Crippen LogP contribution in [-0.4, -0.2) is 42.5 Å². The van der Waals surface area contributed by atoms with Gasteiger partial charge < -0.3 is 19.4 Å². The van der Waals surface area contributed by atoms with Crippen molar-refractivity contribution in [2.75, 3.05) is 25.0 Å². The van der Waals surface area contributed by atoms with Crippen LogP contribution in [0.15, 0.2) is 47.1 Å². The van der Waals surface area contributed by atoms with Gasteiger partial charge in [0.05, 0.1) is 6.26 Å². The molecule has 2 aliphatic rings. The summed E-state index contributed by atoms with van der Waals surface area (Å²) in [6.07, 6.45) is 5.60. The van der Waals surface area contributed by atoms with Crippen molar-refractivity contribution in [2.24, 2.45) is 5.92 Å². The predicted octanol–water partition coefficient (Wildman–Crippen LogP) is 3.69. The molecular formula is C22H26N2O4. The largest absolute Gasteiger partial charge is 0.464 e. The average Bonchev–Trinajstić information content (AvgIpc) is 3.29. The van der Waals surface area contributed by atoms with Gasteiger partial charge in [-0.3, -0.25) is 9.59 Å². The van der Waals surface area contributed by atoms with Gasteiger partial charge in [0.2, 0.25) is 5.91 Å². The molecule has 2 amide bonds. The minimum atomic E-state index is -0.288. The maximum Gasteiger partial charge on any atom is 0.251 e. The number of anilines is 1. The van der Waals surface area contributed by atoms with Gasteiger partial charge in [0.15, 0.2) is 0 Å². The lowest BCUT2D eigenvalue weighted by Gasteiger charge is -2.34. The Kier molecular flexibility index (Phi) is 5.76. The number of likely N-dealkylation sites (tertiary alicyclic amines) is 1. The van der Waals surface area contributed by atoms with Crippen LogP contribution in [0.1, 0.15) is 32.1 Å². The van der Waals surface area contributed by atoms with Crippen LogP contribution in [0.2, 0.25) is 0 Å². The van der Waals surface area contributed by atoms with E-state index in [-0.39, 0.29) is 23.8 Å². The Morgan fingerprint density at radius 2 is 1.89 bits per heavy atom. The highest BCUT2D eigenvalue weighted by molar-refractivity contribution is 5.93. The van der Waals surface area contributed by atoms with E-state index in [2.05, 4.69) is 5.32 Å². The molecule has 0 saturated carbocycles. The number of hydrogen-bond acceptors (Lipinski definition) is 4. The molecule has 1 aromatic carbocycles. The lowest BCUT2D eigenvalue weighted by atomic mass is 9.95. The molecule has 2 fully saturated rings. The Labute approximate surface area is 164 Å². The fraction of sp³-hybridized carbons (Fsp3) is 0.455. The number of piperidine rings is 1. The molecule has 28 heavy (non-hydrogen) atoms. The van der Waals surface area contributed by atoms with Crippen molar-refractivity contribution in [2.45, 2.75) is 38.2 Å². The number of rotatable bonds is 4. The summed E-state index contributed by atoms with van der Waals surface area (Å²) in [7, 11) is 0. The third kappa shape index (κ3) is 4.28. The Morgan fingerprint density at radius 3 is 2.61 bits per heavy atom. The molecule has 1 atom stereocenters. The summed E-state index contributed by atoms with van der Waals surface area (Å²) < 4.78 is 11.0. The van der Waals surface area contributed by atoms with Crippen molar-refractivity contribution in [1.82, 2.24) is 4.90 Å². The minimum absolute atomic E-state index is 0.0117. The average molecular weight is 382 g/mol. The SMILES string of the molecule is O=C(Nc1cccc(-c2ccco2)c1)C1CCN(C(=O)C2CCCCO2)CC1. The second kappa shape index (κ2) is 8.61. The van der Waals surface area contributed by atoms with Gasteiger partial charge in [-0.05, 0) is 56.4 Å². The summed E-state index contributed by atoms with van der Waals surface area (Å²) in [5, 5.41) is 3.01. The second-order valence-corrected chi connectivity index (χ2v) is 7.50. The first-order valence-electron chi connectivity index (χ1n) is 10.1. The molecule has 0 bridgehead atoms. The Bertz CT molecular complexity index is 804. The van der Waals surface area contributed by atoms with Crippen molar-refractivity contribution in [3.8, 4) is 11.3 Å². The summed E-state index contributed by atoms with van der Waals surface area (Å²) in [5.41, 5.74) is 1.68. The first-order valence-corrected chi connectivity index (χ1v) is 10.1. The summed E-state index contributed by atoms with van der Waals surface area (Å²) in [6, 6.07) is 11.4. The molecule has 1 N–H and O–H groups in total. The quantitative estimate of drug-likeness (QED) is 0.875. The molecule has 1 aromatic heterocycles. The zero-order valence-corrected chi connectivity index (χ0v) is 15.9. The van der Waals surface area contributed by atoms with Crippen molar-refractivity contribution >= 4 is 17.5 Å². The molecule has 2 aliphatic heterocycles. The molecule has 1 unspecified atom stereocenters. The molecule has 2 saturated heterocycles. The molecule has 6 nitrogen and oxygen atoms in total. The highest BCUT2D eigenvalue weighted by Gasteiger charge is 2.32. The summed E-state index contributed by atoms with van der Waals surface area (Å²) >= 11 is 0. The first-order chi connectivity index (χ1) is 13.7. The van der Waals surface area contributed by atoms with Gasteiger partial charge in [0, 0.05) is 36.9 Å². The summed E-state index contributed by atoms with van der Waals surface area (Å²) in [5.74, 6) is 0.791. The van der Waals surface area contributed by atoms with E-state index in [4.69, 9.17) is 9.15 Å². The molecule has 0 spiro atoms. The van der Waals surface area contributed by atoms with Gasteiger partial charge in [-0.15, -0.1) is 0 Å². The van der Waals surface area contributed by atoms with Crippen molar-refractivity contribution < 1.29 is 18.7 Å². The summed E-state index contributed by atoms with van der Waals surface area (Å²) in [6.45, 7) is 1.90. The lowest BCUT2D eigenvalue weighted by Crippen LogP contribution is -2.47. The van der Waals surface area contributed by atoms with Gasteiger partial charge in [-0.1, -0.05) is 12.1 Å². The first kappa shape index (κ1) is 18.7. The zero-order chi connectivity index (χ0) is 19.3. The minimum Gasteiger partial charge on any atom is -0.464 e. The van der Waals surface area contributed by atoms with E-state index in [1.165, 1.54) is 0 Å². The van der Waals surface area contributed by atoms with E-state index in [1.54, 1.807) is 6.26 Å². The number of furan rings is 1. The van der Waals surface area contributed by atoms with Crippen LogP contribution in [0, 0.1) is 5.92 Å². The normalized spacial score (nSPS) is 20.7. The smallest absolute Gasteiger partial charge is 0.251 e. The highest BCUT2D eigenvalue weighted by Crippen LogP contribution is 2.25. The maximum atomic E-state index is 12.7. The molecule has 148 valence electrons. The number of nitrogens with one attached hydrogen (secondary N) is 1. The standard InChI is InChI=1S/C22H26N2O4/c25-21(23-18-6-3-5-17(15-18)19-8-4-14-27-19)16-9-11-24(12-10-16)22(26)20-7-1-2-13-28-20/h3-6,8,14-16,20H,1-2,7,9-13H2,(H,23,25). The Morgan fingerprint density at radius 1 is 1.04 bits per heavy atom. The van der Waals surface area contributed by atoms with Crippen LogP contribution < -0.4 is 5.32 Å². The number of carbonyl (C=O) groups excluding carboxylic acids is 2. The number of amides is 2. The Balaban J connectivity index is 1.31. The zero-order valence-electron chi connectivity index (χ0n) is 15.9. The number of nitrogens with zero attached hydrogens (tertiary/aromatic N) is 1. The van der Waals surface area contributed by atoms with Crippen LogP contribution in [0.3, 0.4) is 0 Å². The number of carbonyl (C=O) groups is 2. The van der Waals surface area contributed by atoms with Crippen molar-refractivity contribution in [3.05, 3.63) is 42.7 Å². The van der Waals surface area contributed by atoms with Crippen LogP contribution >= 0.6 is 0 Å². The fourth-order valence-electron chi connectivity index (χ4n) is 3.94. The molecule has 2 aromatic rings. The van der Waals surface area contributed by atoms with Crippen LogP contribution in [0.5, 0.6) is 0 Å². The molecule has 0 aliphatic carbocycles. The predicted molar refractivity (Wildman–Crippen MR) is 106 cm³/mol. The van der Waals surface area contributed by atoms with Crippen molar-refractivity contribution in [1.29, 1.82) is 0 Å². The third-order valence-electron chi connectivity index (χ3n) is 5.57. The second-order valence-electron chi connectivity index (χ2n) is 7.50. The number of ether oxygens (including phenoxy) is 1. The maximum absolute atomic E-state index is 12.7. The van der Waals surface area contributed by atoms with Gasteiger partial charge in [0.25, 0.3) is 5.91 Å².